The van der Waals surface area contributed by atoms with Gasteiger partial charge in [0.25, 0.3) is 0 Å². The maximum Gasteiger partial charge on any atom is 0.230 e. The predicted molar refractivity (Wildman–Crippen MR) is 83.1 cm³/mol. The smallest absolute Gasteiger partial charge is 0.230 e. The molecule has 5 nitrogen and oxygen atoms in total. The number of thioether (sulfide) groups is 1. The number of hydrogen-bond acceptors (Lipinski definition) is 5. The summed E-state index contributed by atoms with van der Waals surface area (Å²) in [6, 6.07) is 6.13. The van der Waals surface area contributed by atoms with Gasteiger partial charge < -0.3 is 14.9 Å². The average Bonchev–Trinajstić information content (AvgIpc) is 3.13. The van der Waals surface area contributed by atoms with Crippen LogP contribution in [0.1, 0.15) is 17.5 Å². The molecule has 2 aliphatic heterocycles. The summed E-state index contributed by atoms with van der Waals surface area (Å²) >= 11 is 1.51. The van der Waals surface area contributed by atoms with Crippen LogP contribution in [-0.2, 0) is 16.1 Å². The zero-order chi connectivity index (χ0) is 14.7. The van der Waals surface area contributed by atoms with E-state index in [9.17, 15) is 4.79 Å². The Labute approximate surface area is 128 Å². The average molecular weight is 306 g/mol. The highest BCUT2D eigenvalue weighted by atomic mass is 32.2. The minimum absolute atomic E-state index is 0.0363. The third kappa shape index (κ3) is 3.32. The second-order valence-electron chi connectivity index (χ2n) is 5.13. The van der Waals surface area contributed by atoms with Gasteiger partial charge in [0.2, 0.25) is 5.91 Å². The quantitative estimate of drug-likeness (QED) is 0.897. The third-order valence-corrected chi connectivity index (χ3v) is 4.11. The van der Waals surface area contributed by atoms with Crippen molar-refractivity contribution in [3.63, 3.8) is 0 Å². The second kappa shape index (κ2) is 6.39. The molecule has 0 saturated carbocycles. The van der Waals surface area contributed by atoms with Crippen LogP contribution in [0.25, 0.3) is 0 Å². The molecule has 1 amide bonds. The minimum Gasteiger partial charge on any atom is -0.493 e. The van der Waals surface area contributed by atoms with Gasteiger partial charge in [-0.1, -0.05) is 5.16 Å². The molecular weight excluding hydrogens is 288 g/mol. The van der Waals surface area contributed by atoms with E-state index in [-0.39, 0.29) is 12.0 Å². The fourth-order valence-electron chi connectivity index (χ4n) is 2.48. The first-order chi connectivity index (χ1) is 10.3. The molecule has 1 atom stereocenters. The Morgan fingerprint density at radius 2 is 2.43 bits per heavy atom. The lowest BCUT2D eigenvalue weighted by atomic mass is 10.0. The zero-order valence-electron chi connectivity index (χ0n) is 11.9. The van der Waals surface area contributed by atoms with Gasteiger partial charge in [-0.15, -0.1) is 0 Å². The molecule has 0 aliphatic carbocycles. The molecule has 2 aliphatic rings. The maximum absolute atomic E-state index is 11.4. The highest BCUT2D eigenvalue weighted by Crippen LogP contribution is 2.27. The van der Waals surface area contributed by atoms with Crippen molar-refractivity contribution in [2.75, 3.05) is 25.2 Å². The normalized spacial score (nSPS) is 19.5. The molecule has 1 aromatic rings. The molecule has 112 valence electrons. The summed E-state index contributed by atoms with van der Waals surface area (Å²) in [5.74, 6) is 1.49. The van der Waals surface area contributed by atoms with Gasteiger partial charge in [0.05, 0.1) is 24.6 Å². The molecular formula is C15H18N2O3S. The summed E-state index contributed by atoms with van der Waals surface area (Å²) in [6.45, 7) is 1.26. The summed E-state index contributed by atoms with van der Waals surface area (Å²) in [5.41, 5.74) is 3.25. The second-order valence-corrected chi connectivity index (χ2v) is 5.99. The van der Waals surface area contributed by atoms with E-state index in [2.05, 4.69) is 16.5 Å². The number of nitrogens with one attached hydrogen (secondary N) is 1. The molecule has 0 bridgehead atoms. The molecule has 1 N–H and O–H groups in total. The van der Waals surface area contributed by atoms with Gasteiger partial charge in [-0.2, -0.15) is 11.8 Å². The number of oxime groups is 1. The number of rotatable bonds is 5. The lowest BCUT2D eigenvalue weighted by molar-refractivity contribution is -0.119. The van der Waals surface area contributed by atoms with E-state index < -0.39 is 0 Å². The molecule has 2 heterocycles. The van der Waals surface area contributed by atoms with E-state index in [1.54, 1.807) is 0 Å². The monoisotopic (exact) mass is 306 g/mol. The van der Waals surface area contributed by atoms with Gasteiger partial charge in [0, 0.05) is 12.8 Å². The summed E-state index contributed by atoms with van der Waals surface area (Å²) in [7, 11) is 0. The molecule has 3 rings (SSSR count). The highest BCUT2D eigenvalue weighted by molar-refractivity contribution is 7.99. The SMILES string of the molecule is CSCC(=O)NC[C@H]1CC(c2ccc3c(c2)CCO3)=NO1. The Morgan fingerprint density at radius 1 is 1.52 bits per heavy atom. The molecule has 0 radical (unpaired) electrons. The number of fused-ring (bicyclic) bond motifs is 1. The molecule has 6 heteroatoms. The Kier molecular flexibility index (Phi) is 4.34. The minimum atomic E-state index is -0.0738. The summed E-state index contributed by atoms with van der Waals surface area (Å²) in [5, 5.41) is 7.02. The van der Waals surface area contributed by atoms with Crippen LogP contribution in [0.3, 0.4) is 0 Å². The van der Waals surface area contributed by atoms with E-state index in [4.69, 9.17) is 9.57 Å². The Morgan fingerprint density at radius 3 is 3.29 bits per heavy atom. The Bertz CT molecular complexity index is 574. The van der Waals surface area contributed by atoms with Crippen LogP contribution in [0.4, 0.5) is 0 Å². The summed E-state index contributed by atoms with van der Waals surface area (Å²) in [4.78, 5) is 16.8. The van der Waals surface area contributed by atoms with Crippen LogP contribution in [0, 0.1) is 0 Å². The number of hydrogen-bond donors (Lipinski definition) is 1. The zero-order valence-corrected chi connectivity index (χ0v) is 12.7. The first kappa shape index (κ1) is 14.3. The van der Waals surface area contributed by atoms with Crippen LogP contribution < -0.4 is 10.1 Å². The van der Waals surface area contributed by atoms with E-state index in [1.165, 1.54) is 17.3 Å². The highest BCUT2D eigenvalue weighted by Gasteiger charge is 2.24. The van der Waals surface area contributed by atoms with Crippen LogP contribution in [0.2, 0.25) is 0 Å². The fraction of sp³-hybridized carbons (Fsp3) is 0.467. The molecule has 0 aromatic heterocycles. The number of ether oxygens (including phenoxy) is 1. The number of carbonyl (C=O) groups excluding carboxylic acids is 1. The van der Waals surface area contributed by atoms with Crippen molar-refractivity contribution >= 4 is 23.4 Å². The van der Waals surface area contributed by atoms with Crippen LogP contribution >= 0.6 is 11.8 Å². The molecule has 1 aromatic carbocycles. The van der Waals surface area contributed by atoms with Crippen molar-refractivity contribution in [3.8, 4) is 5.75 Å². The topological polar surface area (TPSA) is 59.9 Å². The summed E-state index contributed by atoms with van der Waals surface area (Å²) in [6.07, 6.45) is 3.50. The van der Waals surface area contributed by atoms with Crippen molar-refractivity contribution in [2.45, 2.75) is 18.9 Å². The van der Waals surface area contributed by atoms with Crippen molar-refractivity contribution in [2.24, 2.45) is 5.16 Å². The Balaban J connectivity index is 1.55. The molecule has 0 unspecified atom stereocenters. The van der Waals surface area contributed by atoms with Crippen molar-refractivity contribution in [1.82, 2.24) is 5.32 Å². The Hall–Kier alpha value is -1.69. The first-order valence-corrected chi connectivity index (χ1v) is 8.40. The van der Waals surface area contributed by atoms with Crippen LogP contribution in [-0.4, -0.2) is 42.9 Å². The summed E-state index contributed by atoms with van der Waals surface area (Å²) < 4.78 is 5.50. The lowest BCUT2D eigenvalue weighted by Crippen LogP contribution is -2.33. The largest absolute Gasteiger partial charge is 0.493 e. The van der Waals surface area contributed by atoms with Gasteiger partial charge in [-0.25, -0.2) is 0 Å². The van der Waals surface area contributed by atoms with Gasteiger partial charge >= 0.3 is 0 Å². The van der Waals surface area contributed by atoms with Gasteiger partial charge in [-0.3, -0.25) is 4.79 Å². The fourth-order valence-corrected chi connectivity index (χ4v) is 2.85. The molecule has 21 heavy (non-hydrogen) atoms. The van der Waals surface area contributed by atoms with Gasteiger partial charge in [-0.05, 0) is 35.6 Å². The van der Waals surface area contributed by atoms with E-state index in [0.29, 0.717) is 12.3 Å². The third-order valence-electron chi connectivity index (χ3n) is 3.56. The van der Waals surface area contributed by atoms with E-state index in [0.717, 1.165) is 36.5 Å². The number of benzene rings is 1. The van der Waals surface area contributed by atoms with Crippen LogP contribution in [0.5, 0.6) is 5.75 Å². The predicted octanol–water partition coefficient (Wildman–Crippen LogP) is 1.59. The molecule has 0 fully saturated rings. The number of nitrogens with zero attached hydrogens (tertiary/aromatic N) is 1. The van der Waals surface area contributed by atoms with Crippen molar-refractivity contribution in [3.05, 3.63) is 29.3 Å². The van der Waals surface area contributed by atoms with Crippen molar-refractivity contribution in [1.29, 1.82) is 0 Å². The molecule has 0 saturated heterocycles. The number of carbonyl (C=O) groups is 1. The van der Waals surface area contributed by atoms with E-state index in [1.807, 2.05) is 18.4 Å². The van der Waals surface area contributed by atoms with E-state index >= 15 is 0 Å². The van der Waals surface area contributed by atoms with Gasteiger partial charge in [0.1, 0.15) is 11.9 Å². The van der Waals surface area contributed by atoms with Gasteiger partial charge in [0.15, 0.2) is 0 Å². The van der Waals surface area contributed by atoms with Crippen molar-refractivity contribution < 1.29 is 14.4 Å². The number of amides is 1. The lowest BCUT2D eigenvalue weighted by Gasteiger charge is -2.09. The van der Waals surface area contributed by atoms with Crippen LogP contribution in [0.15, 0.2) is 23.4 Å². The first-order valence-electron chi connectivity index (χ1n) is 7.00. The molecule has 0 spiro atoms. The standard InChI is InChI=1S/C15H18N2O3S/c1-21-9-15(18)16-8-12-7-13(17-20-12)10-2-3-14-11(6-10)4-5-19-14/h2-3,6,12H,4-5,7-9H2,1H3,(H,16,18)/t12-/m1/s1. The maximum atomic E-state index is 11.4.